The first kappa shape index (κ1) is 17.7. The summed E-state index contributed by atoms with van der Waals surface area (Å²) in [4.78, 5) is 10.7. The SMILES string of the molecule is C=CCC(O)(CC=C)[C@@H](CO)CC(C)(C)NC(=O)O. The number of carboxylic acid groups (broad SMARTS) is 1. The number of aliphatic hydroxyl groups excluding tert-OH is 1. The fourth-order valence-electron chi connectivity index (χ4n) is 2.30. The molecule has 1 atom stereocenters. The van der Waals surface area contributed by atoms with Crippen LogP contribution in [0.3, 0.4) is 0 Å². The van der Waals surface area contributed by atoms with Gasteiger partial charge in [0.15, 0.2) is 0 Å². The van der Waals surface area contributed by atoms with Crippen LogP contribution in [0.1, 0.15) is 33.1 Å². The highest BCUT2D eigenvalue weighted by Gasteiger charge is 2.38. The standard InChI is InChI=1S/C14H25NO4/c1-5-7-14(19,8-6-2)11(10-16)9-13(3,4)15-12(17)18/h5-6,11,15-16,19H,1-2,7-10H2,3-4H3,(H,17,18)/t11-/m1/s1. The molecule has 1 amide bonds. The molecule has 0 aliphatic heterocycles. The van der Waals surface area contributed by atoms with Crippen molar-refractivity contribution in [1.82, 2.24) is 5.32 Å². The Morgan fingerprint density at radius 2 is 1.79 bits per heavy atom. The molecule has 0 saturated carbocycles. The third-order valence-electron chi connectivity index (χ3n) is 3.18. The van der Waals surface area contributed by atoms with E-state index in [2.05, 4.69) is 18.5 Å². The molecule has 0 aliphatic rings. The summed E-state index contributed by atoms with van der Waals surface area (Å²) in [5.41, 5.74) is -1.90. The van der Waals surface area contributed by atoms with Crippen molar-refractivity contribution in [2.45, 2.75) is 44.2 Å². The lowest BCUT2D eigenvalue weighted by molar-refractivity contribution is -0.0467. The second kappa shape index (κ2) is 7.31. The van der Waals surface area contributed by atoms with Crippen molar-refractivity contribution in [3.63, 3.8) is 0 Å². The van der Waals surface area contributed by atoms with E-state index in [1.165, 1.54) is 0 Å². The highest BCUT2D eigenvalue weighted by molar-refractivity contribution is 5.65. The van der Waals surface area contributed by atoms with Gasteiger partial charge in [0.25, 0.3) is 0 Å². The van der Waals surface area contributed by atoms with Gasteiger partial charge in [-0.2, -0.15) is 0 Å². The number of nitrogens with one attached hydrogen (secondary N) is 1. The van der Waals surface area contributed by atoms with E-state index in [0.29, 0.717) is 19.3 Å². The predicted molar refractivity (Wildman–Crippen MR) is 75.0 cm³/mol. The molecule has 0 aromatic carbocycles. The van der Waals surface area contributed by atoms with Crippen molar-refractivity contribution < 1.29 is 20.1 Å². The van der Waals surface area contributed by atoms with Crippen molar-refractivity contribution in [2.75, 3.05) is 6.61 Å². The van der Waals surface area contributed by atoms with Gasteiger partial charge in [-0.1, -0.05) is 12.2 Å². The summed E-state index contributed by atoms with van der Waals surface area (Å²) in [6, 6.07) is 0. The quantitative estimate of drug-likeness (QED) is 0.482. The molecule has 0 spiro atoms. The number of aliphatic hydroxyl groups is 2. The molecule has 0 aromatic rings. The smallest absolute Gasteiger partial charge is 0.405 e. The van der Waals surface area contributed by atoms with Gasteiger partial charge in [-0.15, -0.1) is 13.2 Å². The lowest BCUT2D eigenvalue weighted by Gasteiger charge is -2.38. The van der Waals surface area contributed by atoms with Crippen LogP contribution in [0.15, 0.2) is 25.3 Å². The molecular weight excluding hydrogens is 246 g/mol. The maximum absolute atomic E-state index is 10.7. The third kappa shape index (κ3) is 5.89. The van der Waals surface area contributed by atoms with Gasteiger partial charge in [-0.05, 0) is 33.1 Å². The lowest BCUT2D eigenvalue weighted by Crippen LogP contribution is -2.49. The fraction of sp³-hybridized carbons (Fsp3) is 0.643. The van der Waals surface area contributed by atoms with E-state index in [-0.39, 0.29) is 6.61 Å². The number of rotatable bonds is 9. The molecule has 19 heavy (non-hydrogen) atoms. The average Bonchev–Trinajstić information content (AvgIpc) is 2.24. The topological polar surface area (TPSA) is 89.8 Å². The molecule has 0 saturated heterocycles. The predicted octanol–water partition coefficient (Wildman–Crippen LogP) is 1.91. The monoisotopic (exact) mass is 271 g/mol. The van der Waals surface area contributed by atoms with Gasteiger partial charge in [0.05, 0.1) is 5.60 Å². The van der Waals surface area contributed by atoms with Crippen LogP contribution in [-0.2, 0) is 0 Å². The molecular formula is C14H25NO4. The van der Waals surface area contributed by atoms with Crippen LogP contribution in [0.2, 0.25) is 0 Å². The minimum Gasteiger partial charge on any atom is -0.465 e. The van der Waals surface area contributed by atoms with Crippen molar-refractivity contribution in [3.8, 4) is 0 Å². The van der Waals surface area contributed by atoms with Gasteiger partial charge in [0.2, 0.25) is 0 Å². The van der Waals surface area contributed by atoms with Gasteiger partial charge in [-0.3, -0.25) is 0 Å². The average molecular weight is 271 g/mol. The van der Waals surface area contributed by atoms with E-state index >= 15 is 0 Å². The maximum Gasteiger partial charge on any atom is 0.405 e. The second-order valence-electron chi connectivity index (χ2n) is 5.49. The minimum atomic E-state index is -1.16. The molecule has 110 valence electrons. The van der Waals surface area contributed by atoms with Crippen molar-refractivity contribution >= 4 is 6.09 Å². The van der Waals surface area contributed by atoms with Crippen LogP contribution >= 0.6 is 0 Å². The molecule has 0 fully saturated rings. The molecule has 0 bridgehead atoms. The Bertz CT molecular complexity index is 315. The Balaban J connectivity index is 5.00. The molecule has 0 rings (SSSR count). The van der Waals surface area contributed by atoms with E-state index in [1.807, 2.05) is 0 Å². The van der Waals surface area contributed by atoms with Crippen LogP contribution in [0.25, 0.3) is 0 Å². The highest BCUT2D eigenvalue weighted by atomic mass is 16.4. The minimum absolute atomic E-state index is 0.233. The zero-order chi connectivity index (χ0) is 15.1. The Morgan fingerprint density at radius 3 is 2.11 bits per heavy atom. The summed E-state index contributed by atoms with van der Waals surface area (Å²) in [6.45, 7) is 10.4. The van der Waals surface area contributed by atoms with E-state index in [0.717, 1.165) is 0 Å². The summed E-state index contributed by atoms with van der Waals surface area (Å²) in [5, 5.41) is 31.3. The zero-order valence-corrected chi connectivity index (χ0v) is 11.7. The number of hydrogen-bond donors (Lipinski definition) is 4. The Kier molecular flexibility index (Phi) is 6.79. The number of carbonyl (C=O) groups is 1. The number of amides is 1. The summed E-state index contributed by atoms with van der Waals surface area (Å²) in [5.74, 6) is -0.467. The molecule has 4 N–H and O–H groups in total. The van der Waals surface area contributed by atoms with E-state index < -0.39 is 23.2 Å². The van der Waals surface area contributed by atoms with Gasteiger partial charge in [-0.25, -0.2) is 4.79 Å². The fourth-order valence-corrected chi connectivity index (χ4v) is 2.30. The largest absolute Gasteiger partial charge is 0.465 e. The first-order valence-electron chi connectivity index (χ1n) is 6.27. The summed E-state index contributed by atoms with van der Waals surface area (Å²) in [7, 11) is 0. The normalized spacial score (nSPS) is 13.7. The molecule has 0 heterocycles. The van der Waals surface area contributed by atoms with Crippen molar-refractivity contribution in [1.29, 1.82) is 0 Å². The van der Waals surface area contributed by atoms with Crippen LogP contribution in [-0.4, -0.2) is 39.2 Å². The van der Waals surface area contributed by atoms with Gasteiger partial charge in [0.1, 0.15) is 0 Å². The molecule has 0 unspecified atom stereocenters. The second-order valence-corrected chi connectivity index (χ2v) is 5.49. The van der Waals surface area contributed by atoms with E-state index in [4.69, 9.17) is 5.11 Å². The molecule has 5 nitrogen and oxygen atoms in total. The van der Waals surface area contributed by atoms with Crippen LogP contribution in [0, 0.1) is 5.92 Å². The number of hydrogen-bond acceptors (Lipinski definition) is 3. The van der Waals surface area contributed by atoms with Crippen molar-refractivity contribution in [2.24, 2.45) is 5.92 Å². The molecule has 0 aliphatic carbocycles. The summed E-state index contributed by atoms with van der Waals surface area (Å²) >= 11 is 0. The van der Waals surface area contributed by atoms with Crippen LogP contribution < -0.4 is 5.32 Å². The highest BCUT2D eigenvalue weighted by Crippen LogP contribution is 2.32. The Hall–Kier alpha value is -1.33. The Morgan fingerprint density at radius 1 is 1.32 bits per heavy atom. The molecule has 5 heteroatoms. The summed E-state index contributed by atoms with van der Waals surface area (Å²) in [6.07, 6.45) is 2.99. The van der Waals surface area contributed by atoms with Gasteiger partial charge in [0, 0.05) is 18.1 Å². The van der Waals surface area contributed by atoms with Crippen molar-refractivity contribution in [3.05, 3.63) is 25.3 Å². The maximum atomic E-state index is 10.7. The molecule has 0 radical (unpaired) electrons. The Labute approximate surface area is 114 Å². The first-order valence-corrected chi connectivity index (χ1v) is 6.27. The lowest BCUT2D eigenvalue weighted by atomic mass is 9.76. The zero-order valence-electron chi connectivity index (χ0n) is 11.7. The summed E-state index contributed by atoms with van der Waals surface area (Å²) < 4.78 is 0. The third-order valence-corrected chi connectivity index (χ3v) is 3.18. The molecule has 0 aromatic heterocycles. The van der Waals surface area contributed by atoms with E-state index in [9.17, 15) is 15.0 Å². The van der Waals surface area contributed by atoms with E-state index in [1.54, 1.807) is 26.0 Å². The van der Waals surface area contributed by atoms with Gasteiger partial charge < -0.3 is 20.6 Å². The first-order chi connectivity index (χ1) is 8.70. The van der Waals surface area contributed by atoms with Gasteiger partial charge >= 0.3 is 6.09 Å². The van der Waals surface area contributed by atoms with Crippen LogP contribution in [0.5, 0.6) is 0 Å². The van der Waals surface area contributed by atoms with Crippen LogP contribution in [0.4, 0.5) is 4.79 Å².